The number of fused-ring (bicyclic) bond motifs is 1. The molecule has 2 aliphatic rings. The molecule has 1 saturated heterocycles. The third-order valence-electron chi connectivity index (χ3n) is 4.13. The van der Waals surface area contributed by atoms with E-state index < -0.39 is 0 Å². The molecule has 1 aromatic rings. The van der Waals surface area contributed by atoms with Crippen molar-refractivity contribution in [2.24, 2.45) is 0 Å². The van der Waals surface area contributed by atoms with E-state index in [1.165, 1.54) is 43.6 Å². The molecule has 1 N–H and O–H groups in total. The highest BCUT2D eigenvalue weighted by Gasteiger charge is 2.22. The van der Waals surface area contributed by atoms with E-state index in [0.29, 0.717) is 6.10 Å². The number of hydrogen-bond donors (Lipinski definition) is 1. The van der Waals surface area contributed by atoms with Crippen LogP contribution in [0.4, 0.5) is 0 Å². The van der Waals surface area contributed by atoms with Crippen LogP contribution in [0, 0.1) is 6.92 Å². The molecule has 2 aliphatic heterocycles. The molecule has 104 valence electrons. The summed E-state index contributed by atoms with van der Waals surface area (Å²) in [5.74, 6) is 1.08. The van der Waals surface area contributed by atoms with Crippen molar-refractivity contribution in [3.8, 4) is 5.75 Å². The Morgan fingerprint density at radius 1 is 1.32 bits per heavy atom. The standard InChI is InChI=1S/C16H24N2O/c1-13-4-5-16-14(10-13)11-15(19-16)12-17-6-9-18-7-2-3-8-18/h4-5,10,15,17H,2-3,6-9,11-12H2,1H3. The number of hydrogen-bond acceptors (Lipinski definition) is 3. The summed E-state index contributed by atoms with van der Waals surface area (Å²) in [4.78, 5) is 2.54. The first-order valence-electron chi connectivity index (χ1n) is 7.50. The van der Waals surface area contributed by atoms with Crippen LogP contribution in [0.5, 0.6) is 5.75 Å². The van der Waals surface area contributed by atoms with Gasteiger partial charge in [-0.25, -0.2) is 0 Å². The monoisotopic (exact) mass is 260 g/mol. The number of benzene rings is 1. The average Bonchev–Trinajstić information content (AvgIpc) is 3.02. The van der Waals surface area contributed by atoms with Gasteiger partial charge in [0, 0.05) is 26.1 Å². The third kappa shape index (κ3) is 3.28. The van der Waals surface area contributed by atoms with E-state index in [-0.39, 0.29) is 0 Å². The fraction of sp³-hybridized carbons (Fsp3) is 0.625. The van der Waals surface area contributed by atoms with Crippen LogP contribution in [-0.2, 0) is 6.42 Å². The van der Waals surface area contributed by atoms with Crippen molar-refractivity contribution in [1.29, 1.82) is 0 Å². The molecule has 0 saturated carbocycles. The first-order chi connectivity index (χ1) is 9.31. The molecule has 1 unspecified atom stereocenters. The highest BCUT2D eigenvalue weighted by atomic mass is 16.5. The van der Waals surface area contributed by atoms with Gasteiger partial charge >= 0.3 is 0 Å². The van der Waals surface area contributed by atoms with E-state index in [1.807, 2.05) is 0 Å². The summed E-state index contributed by atoms with van der Waals surface area (Å²) in [5.41, 5.74) is 2.69. The molecule has 1 atom stereocenters. The van der Waals surface area contributed by atoms with Crippen molar-refractivity contribution in [1.82, 2.24) is 10.2 Å². The van der Waals surface area contributed by atoms with Gasteiger partial charge in [-0.05, 0) is 44.5 Å². The van der Waals surface area contributed by atoms with Gasteiger partial charge in [0.15, 0.2) is 0 Å². The van der Waals surface area contributed by atoms with Crippen LogP contribution < -0.4 is 10.1 Å². The Labute approximate surface area is 115 Å². The maximum Gasteiger partial charge on any atom is 0.123 e. The average molecular weight is 260 g/mol. The number of ether oxygens (including phenoxy) is 1. The Morgan fingerprint density at radius 3 is 3.00 bits per heavy atom. The van der Waals surface area contributed by atoms with Gasteiger partial charge in [0.05, 0.1) is 0 Å². The highest BCUT2D eigenvalue weighted by molar-refractivity contribution is 5.40. The van der Waals surface area contributed by atoms with Gasteiger partial charge in [0.25, 0.3) is 0 Å². The minimum absolute atomic E-state index is 0.315. The smallest absolute Gasteiger partial charge is 0.123 e. The normalized spacial score (nSPS) is 22.5. The molecule has 1 fully saturated rings. The van der Waals surface area contributed by atoms with Gasteiger partial charge in [-0.3, -0.25) is 0 Å². The molecule has 3 nitrogen and oxygen atoms in total. The van der Waals surface area contributed by atoms with E-state index in [2.05, 4.69) is 35.3 Å². The van der Waals surface area contributed by atoms with Crippen LogP contribution in [0.3, 0.4) is 0 Å². The number of rotatable bonds is 5. The Morgan fingerprint density at radius 2 is 2.16 bits per heavy atom. The molecule has 0 radical (unpaired) electrons. The minimum Gasteiger partial charge on any atom is -0.488 e. The van der Waals surface area contributed by atoms with Gasteiger partial charge in [-0.15, -0.1) is 0 Å². The molecule has 2 heterocycles. The first-order valence-corrected chi connectivity index (χ1v) is 7.50. The van der Waals surface area contributed by atoms with E-state index in [0.717, 1.165) is 25.3 Å². The zero-order valence-electron chi connectivity index (χ0n) is 11.8. The zero-order chi connectivity index (χ0) is 13.1. The molecular formula is C16H24N2O. The Balaban J connectivity index is 1.38. The summed E-state index contributed by atoms with van der Waals surface area (Å²) in [6, 6.07) is 6.48. The van der Waals surface area contributed by atoms with Crippen LogP contribution in [0.25, 0.3) is 0 Å². The maximum absolute atomic E-state index is 5.96. The van der Waals surface area contributed by atoms with E-state index in [9.17, 15) is 0 Å². The number of aryl methyl sites for hydroxylation is 1. The van der Waals surface area contributed by atoms with Crippen molar-refractivity contribution < 1.29 is 4.74 Å². The molecule has 0 aromatic heterocycles. The quantitative estimate of drug-likeness (QED) is 0.819. The summed E-state index contributed by atoms with van der Waals surface area (Å²) in [6.07, 6.45) is 4.12. The van der Waals surface area contributed by atoms with Crippen LogP contribution in [0.2, 0.25) is 0 Å². The largest absolute Gasteiger partial charge is 0.488 e. The molecule has 3 heteroatoms. The maximum atomic E-state index is 5.96. The number of nitrogens with one attached hydrogen (secondary N) is 1. The van der Waals surface area contributed by atoms with Gasteiger partial charge < -0.3 is 15.0 Å². The Kier molecular flexibility index (Phi) is 4.04. The van der Waals surface area contributed by atoms with Crippen molar-refractivity contribution in [2.45, 2.75) is 32.3 Å². The van der Waals surface area contributed by atoms with E-state index >= 15 is 0 Å². The molecule has 0 spiro atoms. The molecular weight excluding hydrogens is 236 g/mol. The van der Waals surface area contributed by atoms with Crippen molar-refractivity contribution >= 4 is 0 Å². The Hall–Kier alpha value is -1.06. The van der Waals surface area contributed by atoms with Crippen LogP contribution in [0.1, 0.15) is 24.0 Å². The SMILES string of the molecule is Cc1ccc2c(c1)CC(CNCCN1CCCC1)O2. The van der Waals surface area contributed by atoms with Crippen LogP contribution in [0.15, 0.2) is 18.2 Å². The van der Waals surface area contributed by atoms with E-state index in [1.54, 1.807) is 0 Å². The lowest BCUT2D eigenvalue weighted by Gasteiger charge is -2.16. The summed E-state index contributed by atoms with van der Waals surface area (Å²) < 4.78 is 5.96. The van der Waals surface area contributed by atoms with Gasteiger partial charge in [0.1, 0.15) is 11.9 Å². The van der Waals surface area contributed by atoms with Crippen molar-refractivity contribution in [2.75, 3.05) is 32.7 Å². The lowest BCUT2D eigenvalue weighted by molar-refractivity contribution is 0.224. The van der Waals surface area contributed by atoms with Gasteiger partial charge in [-0.1, -0.05) is 17.7 Å². The molecule has 0 bridgehead atoms. The van der Waals surface area contributed by atoms with Gasteiger partial charge in [0.2, 0.25) is 0 Å². The van der Waals surface area contributed by atoms with Crippen LogP contribution >= 0.6 is 0 Å². The predicted octanol–water partition coefficient (Wildman–Crippen LogP) is 1.98. The fourth-order valence-corrected chi connectivity index (χ4v) is 3.07. The number of nitrogens with zero attached hydrogens (tertiary/aromatic N) is 1. The second kappa shape index (κ2) is 5.93. The minimum atomic E-state index is 0.315. The molecule has 3 rings (SSSR count). The second-order valence-corrected chi connectivity index (χ2v) is 5.81. The lowest BCUT2D eigenvalue weighted by atomic mass is 10.1. The summed E-state index contributed by atoms with van der Waals surface area (Å²) in [5, 5.41) is 3.54. The zero-order valence-corrected chi connectivity index (χ0v) is 11.8. The summed E-state index contributed by atoms with van der Waals surface area (Å²) in [6.45, 7) is 7.93. The van der Waals surface area contributed by atoms with E-state index in [4.69, 9.17) is 4.74 Å². The van der Waals surface area contributed by atoms with Crippen molar-refractivity contribution in [3.63, 3.8) is 0 Å². The topological polar surface area (TPSA) is 24.5 Å². The lowest BCUT2D eigenvalue weighted by Crippen LogP contribution is -2.35. The fourth-order valence-electron chi connectivity index (χ4n) is 3.07. The van der Waals surface area contributed by atoms with Crippen molar-refractivity contribution in [3.05, 3.63) is 29.3 Å². The van der Waals surface area contributed by atoms with Gasteiger partial charge in [-0.2, -0.15) is 0 Å². The first kappa shape index (κ1) is 12.9. The second-order valence-electron chi connectivity index (χ2n) is 5.81. The summed E-state index contributed by atoms with van der Waals surface area (Å²) in [7, 11) is 0. The highest BCUT2D eigenvalue weighted by Crippen LogP contribution is 2.29. The molecule has 1 aromatic carbocycles. The Bertz CT molecular complexity index is 427. The third-order valence-corrected chi connectivity index (χ3v) is 4.13. The summed E-state index contributed by atoms with van der Waals surface area (Å²) >= 11 is 0. The number of likely N-dealkylation sites (tertiary alicyclic amines) is 1. The predicted molar refractivity (Wildman–Crippen MR) is 77.8 cm³/mol. The molecule has 0 aliphatic carbocycles. The molecule has 0 amide bonds. The van der Waals surface area contributed by atoms with Crippen LogP contribution in [-0.4, -0.2) is 43.7 Å². The molecule has 19 heavy (non-hydrogen) atoms.